The lowest BCUT2D eigenvalue weighted by molar-refractivity contribution is -0.384. The Hall–Kier alpha value is -1.90. The molecule has 0 bridgehead atoms. The van der Waals surface area contributed by atoms with Crippen LogP contribution in [0, 0.1) is 10.1 Å². The van der Waals surface area contributed by atoms with Crippen molar-refractivity contribution in [1.29, 1.82) is 0 Å². The minimum atomic E-state index is -2.99. The largest absolute Gasteiger partial charge is 0.378 e. The average Bonchev–Trinajstić information content (AvgIpc) is 2.68. The van der Waals surface area contributed by atoms with E-state index in [0.717, 1.165) is 0 Å². The van der Waals surface area contributed by atoms with Gasteiger partial charge in [0.15, 0.2) is 9.84 Å². The van der Waals surface area contributed by atoms with Crippen LogP contribution in [0.1, 0.15) is 6.42 Å². The standard InChI is InChI=1S/C10H14N4O4S/c1-13(7-4-5-19(17,18)6-7)9-3-2-8(14(15)16)10(11)12-9/h2-3,7H,4-6H2,1H3,(H2,11,12). The number of nitrogen functional groups attached to an aromatic ring is 1. The molecule has 1 saturated heterocycles. The fourth-order valence-corrected chi connectivity index (χ4v) is 3.85. The number of pyridine rings is 1. The molecule has 0 amide bonds. The first kappa shape index (κ1) is 13.5. The minimum Gasteiger partial charge on any atom is -0.378 e. The Morgan fingerprint density at radius 3 is 2.68 bits per heavy atom. The van der Waals surface area contributed by atoms with Crippen LogP contribution in [0.3, 0.4) is 0 Å². The summed E-state index contributed by atoms with van der Waals surface area (Å²) in [6.07, 6.45) is 0.525. The van der Waals surface area contributed by atoms with Crippen LogP contribution >= 0.6 is 0 Å². The lowest BCUT2D eigenvalue weighted by atomic mass is 10.2. The van der Waals surface area contributed by atoms with Crippen molar-refractivity contribution in [1.82, 2.24) is 4.98 Å². The molecule has 19 heavy (non-hydrogen) atoms. The van der Waals surface area contributed by atoms with Crippen LogP contribution in [0.4, 0.5) is 17.3 Å². The van der Waals surface area contributed by atoms with Gasteiger partial charge in [-0.2, -0.15) is 0 Å². The zero-order valence-corrected chi connectivity index (χ0v) is 11.1. The van der Waals surface area contributed by atoms with Gasteiger partial charge in [-0.1, -0.05) is 0 Å². The topological polar surface area (TPSA) is 119 Å². The van der Waals surface area contributed by atoms with Crippen LogP contribution in [0.15, 0.2) is 12.1 Å². The molecule has 9 heteroatoms. The molecule has 0 saturated carbocycles. The van der Waals surface area contributed by atoms with E-state index in [-0.39, 0.29) is 29.1 Å². The van der Waals surface area contributed by atoms with Gasteiger partial charge in [0.05, 0.1) is 16.4 Å². The molecule has 1 aliphatic rings. The van der Waals surface area contributed by atoms with Crippen molar-refractivity contribution in [3.05, 3.63) is 22.2 Å². The van der Waals surface area contributed by atoms with E-state index in [0.29, 0.717) is 12.2 Å². The van der Waals surface area contributed by atoms with Gasteiger partial charge in [-0.05, 0) is 12.5 Å². The SMILES string of the molecule is CN(c1ccc([N+](=O)[O-])c(N)n1)C1CCS(=O)(=O)C1. The molecule has 2 heterocycles. The van der Waals surface area contributed by atoms with E-state index < -0.39 is 14.8 Å². The number of rotatable bonds is 3. The zero-order valence-electron chi connectivity index (χ0n) is 10.3. The molecule has 0 spiro atoms. The molecule has 0 aliphatic carbocycles. The Labute approximate surface area is 110 Å². The van der Waals surface area contributed by atoms with E-state index in [1.165, 1.54) is 12.1 Å². The van der Waals surface area contributed by atoms with Gasteiger partial charge in [-0.3, -0.25) is 10.1 Å². The summed E-state index contributed by atoms with van der Waals surface area (Å²) in [6, 6.07) is 2.58. The van der Waals surface area contributed by atoms with E-state index in [1.54, 1.807) is 11.9 Å². The number of nitro groups is 1. The maximum Gasteiger partial charge on any atom is 0.311 e. The number of sulfone groups is 1. The molecule has 1 aromatic heterocycles. The fraction of sp³-hybridized carbons (Fsp3) is 0.500. The summed E-state index contributed by atoms with van der Waals surface area (Å²) in [5, 5.41) is 10.6. The molecule has 104 valence electrons. The van der Waals surface area contributed by atoms with Crippen LogP contribution in [0.5, 0.6) is 0 Å². The second kappa shape index (κ2) is 4.65. The molecule has 0 aromatic carbocycles. The lowest BCUT2D eigenvalue weighted by Crippen LogP contribution is -2.33. The predicted octanol–water partition coefficient (Wildman–Crippen LogP) is 0.195. The van der Waals surface area contributed by atoms with E-state index in [4.69, 9.17) is 5.73 Å². The van der Waals surface area contributed by atoms with Gasteiger partial charge in [0, 0.05) is 19.2 Å². The maximum absolute atomic E-state index is 11.4. The molecule has 1 atom stereocenters. The second-order valence-corrected chi connectivity index (χ2v) is 6.73. The Bertz CT molecular complexity index is 616. The molecular weight excluding hydrogens is 272 g/mol. The molecule has 1 unspecified atom stereocenters. The highest BCUT2D eigenvalue weighted by Gasteiger charge is 2.31. The number of nitrogens with zero attached hydrogens (tertiary/aromatic N) is 3. The quantitative estimate of drug-likeness (QED) is 0.622. The highest BCUT2D eigenvalue weighted by molar-refractivity contribution is 7.91. The van der Waals surface area contributed by atoms with Crippen LogP contribution in [0.2, 0.25) is 0 Å². The Morgan fingerprint density at radius 1 is 1.53 bits per heavy atom. The molecule has 1 fully saturated rings. The normalized spacial score (nSPS) is 21.2. The third-order valence-electron chi connectivity index (χ3n) is 3.20. The lowest BCUT2D eigenvalue weighted by Gasteiger charge is -2.24. The molecule has 8 nitrogen and oxygen atoms in total. The summed E-state index contributed by atoms with van der Waals surface area (Å²) in [4.78, 5) is 15.7. The number of anilines is 2. The second-order valence-electron chi connectivity index (χ2n) is 4.50. The van der Waals surface area contributed by atoms with E-state index in [1.807, 2.05) is 0 Å². The summed E-state index contributed by atoms with van der Waals surface area (Å²) in [6.45, 7) is 0. The van der Waals surface area contributed by atoms with Crippen molar-refractivity contribution in [2.24, 2.45) is 0 Å². The monoisotopic (exact) mass is 286 g/mol. The summed E-state index contributed by atoms with van der Waals surface area (Å²) in [7, 11) is -1.28. The van der Waals surface area contributed by atoms with Crippen molar-refractivity contribution >= 4 is 27.2 Å². The smallest absolute Gasteiger partial charge is 0.311 e. The average molecular weight is 286 g/mol. The summed E-state index contributed by atoms with van der Waals surface area (Å²) in [5.41, 5.74) is 5.26. The fourth-order valence-electron chi connectivity index (χ4n) is 2.08. The van der Waals surface area contributed by atoms with E-state index >= 15 is 0 Å². The predicted molar refractivity (Wildman–Crippen MR) is 70.8 cm³/mol. The Balaban J connectivity index is 2.23. The zero-order chi connectivity index (χ0) is 14.2. The van der Waals surface area contributed by atoms with E-state index in [2.05, 4.69) is 4.98 Å². The third-order valence-corrected chi connectivity index (χ3v) is 4.95. The summed E-state index contributed by atoms with van der Waals surface area (Å²) in [5.74, 6) is 0.493. The van der Waals surface area contributed by atoms with Gasteiger partial charge in [0.2, 0.25) is 5.82 Å². The van der Waals surface area contributed by atoms with Crippen LogP contribution in [-0.2, 0) is 9.84 Å². The van der Waals surface area contributed by atoms with Crippen molar-refractivity contribution in [3.8, 4) is 0 Å². The first-order chi connectivity index (χ1) is 8.80. The van der Waals surface area contributed by atoms with Crippen molar-refractivity contribution in [2.45, 2.75) is 12.5 Å². The molecule has 1 aliphatic heterocycles. The number of nitrogens with two attached hydrogens (primary N) is 1. The maximum atomic E-state index is 11.4. The van der Waals surface area contributed by atoms with Crippen LogP contribution in [0.25, 0.3) is 0 Å². The van der Waals surface area contributed by atoms with Crippen molar-refractivity contribution in [3.63, 3.8) is 0 Å². The highest BCUT2D eigenvalue weighted by atomic mass is 32.2. The van der Waals surface area contributed by atoms with Crippen LogP contribution in [-0.4, -0.2) is 42.9 Å². The number of aromatic nitrogens is 1. The van der Waals surface area contributed by atoms with Crippen molar-refractivity contribution < 1.29 is 13.3 Å². The third kappa shape index (κ3) is 2.75. The summed E-state index contributed by atoms with van der Waals surface area (Å²) >= 11 is 0. The first-order valence-corrected chi connectivity index (χ1v) is 7.46. The molecule has 1 aromatic rings. The first-order valence-electron chi connectivity index (χ1n) is 5.64. The van der Waals surface area contributed by atoms with Crippen molar-refractivity contribution in [2.75, 3.05) is 29.2 Å². The molecule has 0 radical (unpaired) electrons. The van der Waals surface area contributed by atoms with Gasteiger partial charge in [0.1, 0.15) is 5.82 Å². The highest BCUT2D eigenvalue weighted by Crippen LogP contribution is 2.26. The van der Waals surface area contributed by atoms with Gasteiger partial charge in [0.25, 0.3) is 0 Å². The van der Waals surface area contributed by atoms with Crippen LogP contribution < -0.4 is 10.6 Å². The number of hydrogen-bond acceptors (Lipinski definition) is 7. The van der Waals surface area contributed by atoms with E-state index in [9.17, 15) is 18.5 Å². The summed E-state index contributed by atoms with van der Waals surface area (Å²) < 4.78 is 22.9. The molecule has 2 N–H and O–H groups in total. The Kier molecular flexibility index (Phi) is 3.31. The van der Waals surface area contributed by atoms with Gasteiger partial charge < -0.3 is 10.6 Å². The van der Waals surface area contributed by atoms with Gasteiger partial charge in [-0.15, -0.1) is 0 Å². The van der Waals surface area contributed by atoms with Gasteiger partial charge >= 0.3 is 5.69 Å². The van der Waals surface area contributed by atoms with Gasteiger partial charge in [-0.25, -0.2) is 13.4 Å². The molecule has 2 rings (SSSR count). The molecular formula is C10H14N4O4S. The minimum absolute atomic E-state index is 0.0715. The Morgan fingerprint density at radius 2 is 2.21 bits per heavy atom. The number of hydrogen-bond donors (Lipinski definition) is 1.